The number of aromatic nitrogens is 6. The van der Waals surface area contributed by atoms with Gasteiger partial charge in [0.1, 0.15) is 11.3 Å². The van der Waals surface area contributed by atoms with E-state index in [9.17, 15) is 4.79 Å². The maximum atomic E-state index is 12.8. The number of carbonyl (C=O) groups is 1. The lowest BCUT2D eigenvalue weighted by Crippen LogP contribution is -2.26. The molecule has 0 N–H and O–H groups in total. The van der Waals surface area contributed by atoms with Crippen LogP contribution in [-0.2, 0) is 22.6 Å². The molecule has 0 spiro atoms. The van der Waals surface area contributed by atoms with Gasteiger partial charge in [0, 0.05) is 35.7 Å². The highest BCUT2D eigenvalue weighted by Gasteiger charge is 2.22. The van der Waals surface area contributed by atoms with Crippen LogP contribution in [0, 0.1) is 0 Å². The van der Waals surface area contributed by atoms with Crippen LogP contribution < -0.4 is 0 Å². The summed E-state index contributed by atoms with van der Waals surface area (Å²) in [5, 5.41) is 15.8. The van der Waals surface area contributed by atoms with E-state index in [4.69, 9.17) is 14.6 Å². The lowest BCUT2D eigenvalue weighted by molar-refractivity contribution is -0.0366. The molecule has 214 valence electrons. The summed E-state index contributed by atoms with van der Waals surface area (Å²) in [4.78, 5) is 14.9. The zero-order valence-corrected chi connectivity index (χ0v) is 24.4. The fourth-order valence-corrected chi connectivity index (χ4v) is 5.45. The highest BCUT2D eigenvalue weighted by atomic mass is 16.6. The van der Waals surface area contributed by atoms with Crippen molar-refractivity contribution in [2.24, 2.45) is 0 Å². The van der Waals surface area contributed by atoms with E-state index in [0.717, 1.165) is 71.0 Å². The molecule has 3 aromatic heterocycles. The van der Waals surface area contributed by atoms with Gasteiger partial charge in [0.05, 0.1) is 30.0 Å². The van der Waals surface area contributed by atoms with E-state index in [0.29, 0.717) is 6.54 Å². The molecule has 10 heteroatoms. The van der Waals surface area contributed by atoms with Crippen LogP contribution in [0.25, 0.3) is 33.1 Å². The maximum Gasteiger partial charge on any atom is 0.418 e. The zero-order valence-electron chi connectivity index (χ0n) is 24.4. The molecular formula is C31H37N7O3. The first-order valence-corrected chi connectivity index (χ1v) is 14.1. The van der Waals surface area contributed by atoms with Crippen molar-refractivity contribution in [3.63, 3.8) is 0 Å². The van der Waals surface area contributed by atoms with Gasteiger partial charge in [-0.15, -0.1) is 5.10 Å². The van der Waals surface area contributed by atoms with Gasteiger partial charge < -0.3 is 14.4 Å². The van der Waals surface area contributed by atoms with Crippen molar-refractivity contribution in [2.75, 3.05) is 20.7 Å². The van der Waals surface area contributed by atoms with E-state index >= 15 is 0 Å². The van der Waals surface area contributed by atoms with Gasteiger partial charge in [-0.1, -0.05) is 17.3 Å². The Morgan fingerprint density at radius 1 is 1.10 bits per heavy atom. The molecule has 1 aliphatic heterocycles. The highest BCUT2D eigenvalue weighted by Crippen LogP contribution is 2.33. The highest BCUT2D eigenvalue weighted by molar-refractivity contribution is 5.94. The number of carbonyl (C=O) groups excluding carboxylic acids is 1. The molecule has 0 amide bonds. The molecule has 1 unspecified atom stereocenters. The van der Waals surface area contributed by atoms with Gasteiger partial charge >= 0.3 is 6.09 Å². The largest absolute Gasteiger partial charge is 0.443 e. The van der Waals surface area contributed by atoms with Crippen LogP contribution in [0.2, 0.25) is 0 Å². The predicted octanol–water partition coefficient (Wildman–Crippen LogP) is 5.84. The van der Waals surface area contributed by atoms with Crippen molar-refractivity contribution in [1.29, 1.82) is 0 Å². The molecule has 2 aromatic carbocycles. The van der Waals surface area contributed by atoms with Crippen molar-refractivity contribution in [2.45, 2.75) is 65.0 Å². The molecule has 1 fully saturated rings. The summed E-state index contributed by atoms with van der Waals surface area (Å²) in [5.74, 6) is 0. The van der Waals surface area contributed by atoms with Gasteiger partial charge in [0.15, 0.2) is 6.23 Å². The third kappa shape index (κ3) is 5.75. The van der Waals surface area contributed by atoms with Gasteiger partial charge in [0.25, 0.3) is 0 Å². The Morgan fingerprint density at radius 2 is 1.93 bits per heavy atom. The second kappa shape index (κ2) is 10.8. The second-order valence-electron chi connectivity index (χ2n) is 12.1. The number of rotatable bonds is 6. The molecule has 4 heterocycles. The predicted molar refractivity (Wildman–Crippen MR) is 158 cm³/mol. The van der Waals surface area contributed by atoms with E-state index < -0.39 is 11.7 Å². The van der Waals surface area contributed by atoms with E-state index in [1.54, 1.807) is 10.8 Å². The van der Waals surface area contributed by atoms with E-state index in [2.05, 4.69) is 41.4 Å². The van der Waals surface area contributed by atoms with Gasteiger partial charge in [-0.3, -0.25) is 4.57 Å². The standard InChI is InChI=1S/C31H37N7O3/c1-31(2,3)41-30(39)37-12-11-23-10-9-21(15-27(23)37)19-36-20-26(33-34-36)24-14-22(18-35(4)5)16-28-25(24)17-32-38(28)29-8-6-7-13-40-29/h9-12,14-17,20,29H,6-8,13,18-19H2,1-5H3. The lowest BCUT2D eigenvalue weighted by Gasteiger charge is -2.23. The summed E-state index contributed by atoms with van der Waals surface area (Å²) in [6, 6.07) is 12.4. The molecule has 0 saturated carbocycles. The Morgan fingerprint density at radius 3 is 2.68 bits per heavy atom. The number of hydrogen-bond acceptors (Lipinski definition) is 7. The summed E-state index contributed by atoms with van der Waals surface area (Å²) in [6.07, 6.45) is 8.39. The molecular weight excluding hydrogens is 518 g/mol. The minimum absolute atomic E-state index is 0.0473. The van der Waals surface area contributed by atoms with Gasteiger partial charge in [-0.2, -0.15) is 5.10 Å². The number of fused-ring (bicyclic) bond motifs is 2. The Bertz CT molecular complexity index is 1700. The summed E-state index contributed by atoms with van der Waals surface area (Å²) in [6.45, 7) is 7.66. The van der Waals surface area contributed by atoms with Crippen molar-refractivity contribution >= 4 is 27.9 Å². The topological polar surface area (TPSA) is 92.2 Å². The quantitative estimate of drug-likeness (QED) is 0.260. The minimum Gasteiger partial charge on any atom is -0.443 e. The van der Waals surface area contributed by atoms with Crippen molar-refractivity contribution < 1.29 is 14.3 Å². The molecule has 0 aliphatic carbocycles. The molecule has 6 rings (SSSR count). The number of benzene rings is 2. The minimum atomic E-state index is -0.572. The van der Waals surface area contributed by atoms with Gasteiger partial charge in [0.2, 0.25) is 0 Å². The fraction of sp³-hybridized carbons (Fsp3) is 0.419. The zero-order chi connectivity index (χ0) is 28.7. The Hall–Kier alpha value is -4.02. The number of ether oxygens (including phenoxy) is 2. The fourth-order valence-electron chi connectivity index (χ4n) is 5.45. The van der Waals surface area contributed by atoms with Crippen LogP contribution in [-0.4, -0.2) is 66.6 Å². The molecule has 1 atom stereocenters. The molecule has 41 heavy (non-hydrogen) atoms. The average Bonchev–Trinajstić information content (AvgIpc) is 3.66. The molecule has 0 radical (unpaired) electrons. The second-order valence-corrected chi connectivity index (χ2v) is 12.1. The maximum absolute atomic E-state index is 12.8. The van der Waals surface area contributed by atoms with Crippen LogP contribution in [0.15, 0.2) is 55.0 Å². The lowest BCUT2D eigenvalue weighted by atomic mass is 10.0. The smallest absolute Gasteiger partial charge is 0.418 e. The number of hydrogen-bond donors (Lipinski definition) is 0. The van der Waals surface area contributed by atoms with E-state index in [1.807, 2.05) is 66.8 Å². The third-order valence-electron chi connectivity index (χ3n) is 7.21. The van der Waals surface area contributed by atoms with Crippen LogP contribution in [0.1, 0.15) is 57.4 Å². The monoisotopic (exact) mass is 555 g/mol. The Labute approximate surface area is 239 Å². The third-order valence-corrected chi connectivity index (χ3v) is 7.21. The normalized spacial score (nSPS) is 16.2. The molecule has 5 aromatic rings. The first-order chi connectivity index (χ1) is 19.6. The van der Waals surface area contributed by atoms with Crippen LogP contribution >= 0.6 is 0 Å². The van der Waals surface area contributed by atoms with Gasteiger partial charge in [-0.25, -0.2) is 14.2 Å². The first kappa shape index (κ1) is 27.2. The van der Waals surface area contributed by atoms with Crippen LogP contribution in [0.5, 0.6) is 0 Å². The Balaban J connectivity index is 1.31. The molecule has 1 saturated heterocycles. The van der Waals surface area contributed by atoms with Crippen molar-refractivity contribution in [3.8, 4) is 11.3 Å². The SMILES string of the molecule is CN(C)Cc1cc(-c2cn(Cc3ccc4ccn(C(=O)OC(C)(C)C)c4c3)nn2)c2cnn(C3CCCCO3)c2c1. The molecule has 1 aliphatic rings. The first-order valence-electron chi connectivity index (χ1n) is 14.1. The van der Waals surface area contributed by atoms with E-state index in [-0.39, 0.29) is 6.23 Å². The molecule has 10 nitrogen and oxygen atoms in total. The van der Waals surface area contributed by atoms with E-state index in [1.165, 1.54) is 5.56 Å². The summed E-state index contributed by atoms with van der Waals surface area (Å²) >= 11 is 0. The van der Waals surface area contributed by atoms with Crippen molar-refractivity contribution in [3.05, 3.63) is 66.1 Å². The van der Waals surface area contributed by atoms with Crippen LogP contribution in [0.3, 0.4) is 0 Å². The van der Waals surface area contributed by atoms with Gasteiger partial charge in [-0.05, 0) is 89.5 Å². The van der Waals surface area contributed by atoms with Crippen LogP contribution in [0.4, 0.5) is 4.79 Å². The number of nitrogens with zero attached hydrogens (tertiary/aromatic N) is 7. The average molecular weight is 556 g/mol. The van der Waals surface area contributed by atoms with Crippen molar-refractivity contribution in [1.82, 2.24) is 34.2 Å². The summed E-state index contributed by atoms with van der Waals surface area (Å²) < 4.78 is 17.1. The molecule has 0 bridgehead atoms. The Kier molecular flexibility index (Phi) is 7.13. The summed E-state index contributed by atoms with van der Waals surface area (Å²) in [7, 11) is 4.13. The summed E-state index contributed by atoms with van der Waals surface area (Å²) in [5.41, 5.74) is 5.25.